The van der Waals surface area contributed by atoms with Gasteiger partial charge >= 0.3 is 0 Å². The van der Waals surface area contributed by atoms with E-state index >= 15 is 0 Å². The fraction of sp³-hybridized carbons (Fsp3) is 0.667. The van der Waals surface area contributed by atoms with Crippen molar-refractivity contribution in [3.8, 4) is 0 Å². The lowest BCUT2D eigenvalue weighted by Crippen LogP contribution is -2.12. The molecule has 1 heterocycles. The minimum absolute atomic E-state index is 0.412. The topological polar surface area (TPSA) is 73.1 Å². The van der Waals surface area contributed by atoms with E-state index < -0.39 is 0 Å². The number of nitrogens with zero attached hydrogens (tertiary/aromatic N) is 2. The van der Waals surface area contributed by atoms with Gasteiger partial charge in [0, 0.05) is 17.9 Å². The molecule has 1 atom stereocenters. The number of hydrogen-bond donors (Lipinski definition) is 2. The van der Waals surface area contributed by atoms with E-state index in [1.807, 2.05) is 13.0 Å². The summed E-state index contributed by atoms with van der Waals surface area (Å²) < 4.78 is 5.32. The average molecular weight is 270 g/mol. The Morgan fingerprint density at radius 3 is 2.67 bits per heavy atom. The number of rotatable bonds is 7. The van der Waals surface area contributed by atoms with Crippen molar-refractivity contribution in [1.82, 2.24) is 9.97 Å². The highest BCUT2D eigenvalue weighted by atomic mass is 32.2. The maximum Gasteiger partial charge on any atom is 0.157 e. The Morgan fingerprint density at radius 2 is 2.11 bits per heavy atom. The summed E-state index contributed by atoms with van der Waals surface area (Å²) in [4.78, 5) is 8.73. The number of anilines is 1. The first-order chi connectivity index (χ1) is 8.56. The molecule has 18 heavy (non-hydrogen) atoms. The Bertz CT molecular complexity index is 373. The molecule has 0 saturated carbocycles. The molecule has 0 aromatic carbocycles. The van der Waals surface area contributed by atoms with E-state index in [-0.39, 0.29) is 0 Å². The average Bonchev–Trinajstić information content (AvgIpc) is 2.35. The lowest BCUT2D eigenvalue weighted by molar-refractivity contribution is 0.128. The number of nitrogen functional groups attached to an aromatic ring is 1. The highest BCUT2D eigenvalue weighted by molar-refractivity contribution is 7.99. The van der Waals surface area contributed by atoms with Gasteiger partial charge in [0.2, 0.25) is 0 Å². The van der Waals surface area contributed by atoms with Crippen LogP contribution in [0.4, 0.5) is 5.82 Å². The van der Waals surface area contributed by atoms with Crippen LogP contribution in [0.3, 0.4) is 0 Å². The summed E-state index contributed by atoms with van der Waals surface area (Å²) in [6, 6.07) is 1.86. The van der Waals surface area contributed by atoms with Crippen molar-refractivity contribution in [3.05, 3.63) is 11.9 Å². The Hall–Kier alpha value is -0.850. The molecule has 3 N–H and O–H groups in total. The fourth-order valence-electron chi connectivity index (χ4n) is 1.19. The van der Waals surface area contributed by atoms with Crippen molar-refractivity contribution in [2.45, 2.75) is 44.6 Å². The third-order valence-corrected chi connectivity index (χ3v) is 3.94. The summed E-state index contributed by atoms with van der Waals surface area (Å²) in [5.41, 5.74) is 2.57. The molecule has 1 unspecified atom stereocenters. The molecule has 0 radical (unpaired) electrons. The normalized spacial score (nSPS) is 12.8. The molecule has 5 nitrogen and oxygen atoms in total. The summed E-state index contributed by atoms with van der Waals surface area (Å²) >= 11 is 1.73. The number of hydrogen-bond acceptors (Lipinski definition) is 6. The Morgan fingerprint density at radius 1 is 1.39 bits per heavy atom. The molecule has 0 spiro atoms. The van der Waals surface area contributed by atoms with E-state index in [4.69, 9.17) is 10.6 Å². The molecule has 6 heteroatoms. The molecule has 0 bridgehead atoms. The first-order valence-electron chi connectivity index (χ1n) is 6.15. The summed E-state index contributed by atoms with van der Waals surface area (Å²) in [5, 5.41) is 1.42. The van der Waals surface area contributed by atoms with Crippen LogP contribution in [-0.4, -0.2) is 21.8 Å². The van der Waals surface area contributed by atoms with Crippen LogP contribution < -0.4 is 11.3 Å². The van der Waals surface area contributed by atoms with E-state index in [1.54, 1.807) is 11.8 Å². The van der Waals surface area contributed by atoms with E-state index in [0.717, 1.165) is 5.03 Å². The minimum atomic E-state index is 0.412. The fourth-order valence-corrected chi connectivity index (χ4v) is 2.18. The predicted molar refractivity (Wildman–Crippen MR) is 75.3 cm³/mol. The number of nitrogens with two attached hydrogens (primary N) is 1. The largest absolute Gasteiger partial charge is 0.374 e. The lowest BCUT2D eigenvalue weighted by Gasteiger charge is -2.15. The lowest BCUT2D eigenvalue weighted by atomic mass is 10.2. The smallest absolute Gasteiger partial charge is 0.157 e. The second kappa shape index (κ2) is 7.56. The molecule has 0 saturated heterocycles. The molecule has 1 aromatic heterocycles. The Kier molecular flexibility index (Phi) is 6.38. The van der Waals surface area contributed by atoms with E-state index in [2.05, 4.69) is 36.2 Å². The van der Waals surface area contributed by atoms with Gasteiger partial charge in [-0.15, -0.1) is 11.8 Å². The molecule has 1 rings (SSSR count). The van der Waals surface area contributed by atoms with Crippen LogP contribution >= 0.6 is 11.8 Å². The van der Waals surface area contributed by atoms with E-state index in [9.17, 15) is 0 Å². The zero-order valence-electron chi connectivity index (χ0n) is 11.4. The van der Waals surface area contributed by atoms with Gasteiger partial charge in [0.05, 0.1) is 0 Å². The van der Waals surface area contributed by atoms with Gasteiger partial charge in [0.25, 0.3) is 0 Å². The molecule has 0 aliphatic carbocycles. The first kappa shape index (κ1) is 15.2. The summed E-state index contributed by atoms with van der Waals surface area (Å²) in [6.45, 7) is 9.59. The second-order valence-corrected chi connectivity index (χ2v) is 5.75. The van der Waals surface area contributed by atoms with Crippen LogP contribution in [0, 0.1) is 5.92 Å². The molecule has 1 aromatic rings. The summed E-state index contributed by atoms with van der Waals surface area (Å²) in [5.74, 6) is 7.29. The molecular weight excluding hydrogens is 248 g/mol. The molecular formula is C12H22N4OS. The molecule has 102 valence electrons. The van der Waals surface area contributed by atoms with Gasteiger partial charge in [-0.25, -0.2) is 15.8 Å². The van der Waals surface area contributed by atoms with Crippen molar-refractivity contribution < 1.29 is 4.74 Å². The van der Waals surface area contributed by atoms with Crippen molar-refractivity contribution in [2.24, 2.45) is 11.8 Å². The predicted octanol–water partition coefficient (Wildman–Crippen LogP) is 2.44. The highest BCUT2D eigenvalue weighted by Gasteiger charge is 2.12. The van der Waals surface area contributed by atoms with Crippen LogP contribution in [0.5, 0.6) is 0 Å². The van der Waals surface area contributed by atoms with Crippen LogP contribution in [0.15, 0.2) is 11.1 Å². The van der Waals surface area contributed by atoms with Crippen LogP contribution in [0.1, 0.15) is 33.5 Å². The SMILES string of the molecule is CCOCc1nc(NN)cc(SC(C)C(C)C)n1. The van der Waals surface area contributed by atoms with Gasteiger partial charge in [-0.05, 0) is 12.8 Å². The number of aromatic nitrogens is 2. The second-order valence-electron chi connectivity index (χ2n) is 4.36. The zero-order chi connectivity index (χ0) is 13.5. The number of ether oxygens (including phenoxy) is 1. The quantitative estimate of drug-likeness (QED) is 0.343. The van der Waals surface area contributed by atoms with Crippen LogP contribution in [-0.2, 0) is 11.3 Å². The van der Waals surface area contributed by atoms with Crippen molar-refractivity contribution >= 4 is 17.6 Å². The van der Waals surface area contributed by atoms with Gasteiger partial charge in [0.1, 0.15) is 17.5 Å². The summed E-state index contributed by atoms with van der Waals surface area (Å²) in [6.07, 6.45) is 0. The number of thioether (sulfide) groups is 1. The maximum absolute atomic E-state index is 5.42. The van der Waals surface area contributed by atoms with Gasteiger partial charge in [-0.3, -0.25) is 0 Å². The third-order valence-electron chi connectivity index (χ3n) is 2.58. The number of nitrogens with one attached hydrogen (secondary N) is 1. The third kappa shape index (κ3) is 4.80. The van der Waals surface area contributed by atoms with E-state index in [0.29, 0.717) is 36.0 Å². The van der Waals surface area contributed by atoms with Crippen molar-refractivity contribution in [1.29, 1.82) is 0 Å². The Labute approximate surface area is 113 Å². The standard InChI is InChI=1S/C12H22N4OS/c1-5-17-7-11-14-10(16-13)6-12(15-11)18-9(4)8(2)3/h6,8-9H,5,7,13H2,1-4H3,(H,14,15,16). The first-order valence-corrected chi connectivity index (χ1v) is 7.03. The molecule has 0 aliphatic rings. The number of hydrazine groups is 1. The van der Waals surface area contributed by atoms with Crippen LogP contribution in [0.2, 0.25) is 0 Å². The molecule has 0 amide bonds. The molecule has 0 aliphatic heterocycles. The van der Waals surface area contributed by atoms with Gasteiger partial charge in [-0.2, -0.15) is 0 Å². The van der Waals surface area contributed by atoms with E-state index in [1.165, 1.54) is 0 Å². The highest BCUT2D eigenvalue weighted by Crippen LogP contribution is 2.27. The van der Waals surface area contributed by atoms with Gasteiger partial charge < -0.3 is 10.2 Å². The van der Waals surface area contributed by atoms with Crippen molar-refractivity contribution in [3.63, 3.8) is 0 Å². The van der Waals surface area contributed by atoms with Gasteiger partial charge in [0.15, 0.2) is 5.82 Å². The van der Waals surface area contributed by atoms with Gasteiger partial charge in [-0.1, -0.05) is 20.8 Å². The molecule has 0 fully saturated rings. The van der Waals surface area contributed by atoms with Crippen molar-refractivity contribution in [2.75, 3.05) is 12.0 Å². The maximum atomic E-state index is 5.42. The van der Waals surface area contributed by atoms with Crippen LogP contribution in [0.25, 0.3) is 0 Å². The zero-order valence-corrected chi connectivity index (χ0v) is 12.3. The monoisotopic (exact) mass is 270 g/mol. The Balaban J connectivity index is 2.82. The minimum Gasteiger partial charge on any atom is -0.374 e. The summed E-state index contributed by atoms with van der Waals surface area (Å²) in [7, 11) is 0.